The fourth-order valence-corrected chi connectivity index (χ4v) is 4.51. The minimum absolute atomic E-state index is 0.336. The van der Waals surface area contributed by atoms with Crippen molar-refractivity contribution in [2.45, 2.75) is 31.7 Å². The van der Waals surface area contributed by atoms with Crippen LogP contribution >= 0.6 is 33.2 Å². The number of halogens is 4. The Labute approximate surface area is 154 Å². The van der Waals surface area contributed by atoms with Crippen LogP contribution < -0.4 is 4.74 Å². The molecule has 0 saturated heterocycles. The molecule has 0 fully saturated rings. The number of carboxylic acids is 1. The number of unbranched alkanes of at least 4 members (excludes halogenated alkanes) is 1. The molecule has 0 aromatic heterocycles. The highest BCUT2D eigenvalue weighted by atomic mass is 35.8. The summed E-state index contributed by atoms with van der Waals surface area (Å²) < 4.78 is 18.9. The molecule has 0 amide bonds. The van der Waals surface area contributed by atoms with Gasteiger partial charge in [-0.2, -0.15) is 0 Å². The van der Waals surface area contributed by atoms with E-state index >= 15 is 0 Å². The van der Waals surface area contributed by atoms with E-state index in [1.807, 2.05) is 6.92 Å². The van der Waals surface area contributed by atoms with E-state index in [1.54, 1.807) is 0 Å². The first-order valence-corrected chi connectivity index (χ1v) is 12.3. The van der Waals surface area contributed by atoms with Gasteiger partial charge >= 0.3 is 17.9 Å². The molecule has 0 heterocycles. The van der Waals surface area contributed by atoms with E-state index < -0.39 is 29.3 Å². The van der Waals surface area contributed by atoms with E-state index in [4.69, 9.17) is 43.1 Å². The third kappa shape index (κ3) is 6.81. The molecule has 0 radical (unpaired) electrons. The van der Waals surface area contributed by atoms with Crippen molar-refractivity contribution >= 4 is 57.3 Å². The second kappa shape index (κ2) is 9.41. The first-order valence-electron chi connectivity index (χ1n) is 7.14. The van der Waals surface area contributed by atoms with Crippen molar-refractivity contribution in [1.29, 1.82) is 0 Å². The largest absolute Gasteiger partial charge is 0.478 e. The maximum absolute atomic E-state index is 13.8. The monoisotopic (exact) mass is 412 g/mol. The zero-order valence-electron chi connectivity index (χ0n) is 12.8. The van der Waals surface area contributed by atoms with Crippen LogP contribution in [0.3, 0.4) is 0 Å². The minimum atomic E-state index is -3.37. The number of carboxylic acid groups (broad SMARTS) is 1. The predicted octanol–water partition coefficient (Wildman–Crippen LogP) is 5.04. The zero-order chi connectivity index (χ0) is 18.3. The van der Waals surface area contributed by atoms with E-state index in [1.165, 1.54) is 18.2 Å². The predicted molar refractivity (Wildman–Crippen MR) is 95.3 cm³/mol. The number of ether oxygens (including phenoxy) is 1. The second-order valence-corrected chi connectivity index (χ2v) is 13.9. The lowest BCUT2D eigenvalue weighted by molar-refractivity contribution is -0.135. The molecule has 0 bridgehead atoms. The lowest BCUT2D eigenvalue weighted by Gasteiger charge is -2.20. The number of rotatable bonds is 8. The molecule has 1 N–H and O–H groups in total. The molecule has 4 nitrogen and oxygen atoms in total. The number of aliphatic carboxylic acids is 1. The highest BCUT2D eigenvalue weighted by Crippen LogP contribution is 2.39. The lowest BCUT2D eigenvalue weighted by atomic mass is 10.2. The van der Waals surface area contributed by atoms with E-state index in [2.05, 4.69) is 0 Å². The molecule has 1 aromatic rings. The molecule has 0 aliphatic heterocycles. The molecule has 132 valence electrons. The normalized spacial score (nSPS) is 13.0. The molecular formula is C15H16Cl3FO4Si. The molecule has 0 spiro atoms. The molecule has 24 heavy (non-hydrogen) atoms. The van der Waals surface area contributed by atoms with E-state index in [9.17, 15) is 14.0 Å². The van der Waals surface area contributed by atoms with Gasteiger partial charge < -0.3 is 9.84 Å². The molecule has 0 aliphatic carbocycles. The second-order valence-electron chi connectivity index (χ2n) is 5.02. The first-order chi connectivity index (χ1) is 11.1. The summed E-state index contributed by atoms with van der Waals surface area (Å²) in [7, 11) is 0. The van der Waals surface area contributed by atoms with Gasteiger partial charge in [-0.1, -0.05) is 25.8 Å². The van der Waals surface area contributed by atoms with E-state index in [0.29, 0.717) is 18.4 Å². The van der Waals surface area contributed by atoms with Crippen molar-refractivity contribution in [3.63, 3.8) is 0 Å². The number of esters is 1. The van der Waals surface area contributed by atoms with Crippen LogP contribution in [0.2, 0.25) is 5.54 Å². The van der Waals surface area contributed by atoms with Crippen LogP contribution in [-0.2, 0) is 9.59 Å². The van der Waals surface area contributed by atoms with Crippen molar-refractivity contribution in [1.82, 2.24) is 0 Å². The van der Waals surface area contributed by atoms with Crippen LogP contribution in [0, 0.1) is 5.82 Å². The topological polar surface area (TPSA) is 63.6 Å². The molecule has 0 aliphatic rings. The molecule has 1 rings (SSSR count). The summed E-state index contributed by atoms with van der Waals surface area (Å²) in [6.45, 7) is 1.93. The number of hydrogen-bond acceptors (Lipinski definition) is 3. The molecule has 1 atom stereocenters. The summed E-state index contributed by atoms with van der Waals surface area (Å²) in [6, 6.07) is 0.257. The van der Waals surface area contributed by atoms with Gasteiger partial charge in [0.2, 0.25) is 0 Å². The number of carbonyl (C=O) groups is 2. The Balaban J connectivity index is 2.98. The van der Waals surface area contributed by atoms with Crippen LogP contribution in [-0.4, -0.2) is 23.0 Å². The van der Waals surface area contributed by atoms with Gasteiger partial charge in [-0.25, -0.2) is 9.18 Å². The van der Waals surface area contributed by atoms with Gasteiger partial charge in [-0.05, 0) is 30.2 Å². The van der Waals surface area contributed by atoms with Gasteiger partial charge in [0.05, 0.1) is 5.54 Å². The lowest BCUT2D eigenvalue weighted by Crippen LogP contribution is -2.30. The highest BCUT2D eigenvalue weighted by molar-refractivity contribution is 7.65. The van der Waals surface area contributed by atoms with Gasteiger partial charge in [0.1, 0.15) is 0 Å². The Morgan fingerprint density at radius 3 is 2.58 bits per heavy atom. The summed E-state index contributed by atoms with van der Waals surface area (Å²) in [4.78, 5) is 22.8. The van der Waals surface area contributed by atoms with E-state index in [0.717, 1.165) is 18.6 Å². The highest BCUT2D eigenvalue weighted by Gasteiger charge is 2.43. The van der Waals surface area contributed by atoms with Crippen LogP contribution in [0.15, 0.2) is 24.3 Å². The Bertz CT molecular complexity index is 632. The van der Waals surface area contributed by atoms with Gasteiger partial charge in [-0.3, -0.25) is 4.79 Å². The van der Waals surface area contributed by atoms with Gasteiger partial charge in [-0.15, -0.1) is 33.2 Å². The fraction of sp³-hybridized carbons (Fsp3) is 0.333. The van der Waals surface area contributed by atoms with E-state index in [-0.39, 0.29) is 5.75 Å². The standard InChI is InChI=1S/C15H16Cl3FO4Si/c1-2-3-4-13(24(16,17)18)15(22)23-12-9-10(5-7-11(12)19)6-8-14(20)21/h5-9,13H,2-4H2,1H3,(H,20,21)/b8-6+. The van der Waals surface area contributed by atoms with Crippen molar-refractivity contribution in [3.05, 3.63) is 35.7 Å². The minimum Gasteiger partial charge on any atom is -0.478 e. The van der Waals surface area contributed by atoms with Crippen molar-refractivity contribution < 1.29 is 23.8 Å². The van der Waals surface area contributed by atoms with Gasteiger partial charge in [0, 0.05) is 6.08 Å². The SMILES string of the molecule is CCCCC(C(=O)Oc1cc(/C=C/C(=O)O)ccc1F)[Si](Cl)(Cl)Cl. The number of benzene rings is 1. The molecule has 9 heteroatoms. The van der Waals surface area contributed by atoms with Crippen molar-refractivity contribution in [3.8, 4) is 5.75 Å². The van der Waals surface area contributed by atoms with Crippen LogP contribution in [0.25, 0.3) is 6.08 Å². The fourth-order valence-electron chi connectivity index (χ4n) is 1.87. The number of hydrogen-bond donors (Lipinski definition) is 1. The maximum atomic E-state index is 13.8. The molecular weight excluding hydrogens is 398 g/mol. The van der Waals surface area contributed by atoms with Crippen molar-refractivity contribution in [2.75, 3.05) is 0 Å². The van der Waals surface area contributed by atoms with Crippen LogP contribution in [0.5, 0.6) is 5.75 Å². The summed E-state index contributed by atoms with van der Waals surface area (Å²) in [6.07, 6.45) is 3.96. The van der Waals surface area contributed by atoms with Gasteiger partial charge in [0.15, 0.2) is 11.6 Å². The Morgan fingerprint density at radius 2 is 2.04 bits per heavy atom. The maximum Gasteiger partial charge on any atom is 0.355 e. The van der Waals surface area contributed by atoms with Crippen molar-refractivity contribution in [2.24, 2.45) is 0 Å². The third-order valence-corrected chi connectivity index (χ3v) is 6.80. The summed E-state index contributed by atoms with van der Waals surface area (Å²) in [5, 5.41) is 8.60. The zero-order valence-corrected chi connectivity index (χ0v) is 16.0. The Kier molecular flexibility index (Phi) is 8.22. The molecule has 0 saturated carbocycles. The molecule has 1 unspecified atom stereocenters. The summed E-state index contributed by atoms with van der Waals surface area (Å²) >= 11 is 17.9. The first kappa shape index (κ1) is 21.0. The quantitative estimate of drug-likeness (QED) is 0.213. The Morgan fingerprint density at radius 1 is 1.38 bits per heavy atom. The number of carbonyl (C=O) groups excluding carboxylic acids is 1. The smallest absolute Gasteiger partial charge is 0.355 e. The molecule has 1 aromatic carbocycles. The van der Waals surface area contributed by atoms with Crippen LogP contribution in [0.1, 0.15) is 31.7 Å². The third-order valence-electron chi connectivity index (χ3n) is 3.11. The Hall–Kier alpha value is -1.08. The van der Waals surface area contributed by atoms with Gasteiger partial charge in [0.25, 0.3) is 0 Å². The average molecular weight is 414 g/mol. The average Bonchev–Trinajstić information content (AvgIpc) is 2.47. The summed E-state index contributed by atoms with van der Waals surface area (Å²) in [5.74, 6) is -3.05. The van der Waals surface area contributed by atoms with Crippen LogP contribution in [0.4, 0.5) is 4.39 Å². The summed E-state index contributed by atoms with van der Waals surface area (Å²) in [5.41, 5.74) is -0.544.